The number of rotatable bonds is 2. The second-order valence-corrected chi connectivity index (χ2v) is 4.25. The molecular formula is C17H14N+. The lowest BCUT2D eigenvalue weighted by atomic mass is 10.2. The molecule has 0 radical (unpaired) electrons. The molecular weight excluding hydrogens is 218 g/mol. The smallest absolute Gasteiger partial charge is 0.173 e. The summed E-state index contributed by atoms with van der Waals surface area (Å²) in [6.45, 7) is 0. The van der Waals surface area contributed by atoms with Crippen molar-refractivity contribution in [3.63, 3.8) is 0 Å². The summed E-state index contributed by atoms with van der Waals surface area (Å²) in [5, 5.41) is 2.51. The first-order valence-electron chi connectivity index (χ1n) is 6.05. The molecule has 0 aliphatic rings. The lowest BCUT2D eigenvalue weighted by Crippen LogP contribution is -2.23. The molecule has 0 saturated heterocycles. The van der Waals surface area contributed by atoms with Crippen LogP contribution in [0.1, 0.15) is 5.56 Å². The predicted octanol–water partition coefficient (Wildman–Crippen LogP) is 3.76. The van der Waals surface area contributed by atoms with E-state index >= 15 is 0 Å². The first kappa shape index (κ1) is 10.7. The third-order valence-corrected chi connectivity index (χ3v) is 2.95. The van der Waals surface area contributed by atoms with Crippen molar-refractivity contribution in [1.29, 1.82) is 0 Å². The molecule has 0 unspecified atom stereocenters. The minimum absolute atomic E-state index is 1.21. The molecule has 1 heteroatoms. The Morgan fingerprint density at radius 2 is 1.44 bits per heavy atom. The predicted molar refractivity (Wildman–Crippen MR) is 75.8 cm³/mol. The average molecular weight is 232 g/mol. The molecule has 0 aliphatic carbocycles. The van der Waals surface area contributed by atoms with Gasteiger partial charge < -0.3 is 0 Å². The maximum absolute atomic E-state index is 2.13. The highest BCUT2D eigenvalue weighted by Gasteiger charge is 1.98. The van der Waals surface area contributed by atoms with Crippen LogP contribution in [-0.4, -0.2) is 0 Å². The van der Waals surface area contributed by atoms with E-state index in [0.717, 1.165) is 0 Å². The van der Waals surface area contributed by atoms with Gasteiger partial charge in [-0.3, -0.25) is 0 Å². The van der Waals surface area contributed by atoms with Gasteiger partial charge in [-0.25, -0.2) is 0 Å². The highest BCUT2D eigenvalue weighted by Crippen LogP contribution is 2.09. The van der Waals surface area contributed by atoms with Crippen LogP contribution in [0, 0.1) is 0 Å². The third-order valence-electron chi connectivity index (χ3n) is 2.95. The molecule has 0 amide bonds. The van der Waals surface area contributed by atoms with Gasteiger partial charge in [0.05, 0.1) is 0 Å². The van der Waals surface area contributed by atoms with Crippen LogP contribution in [0.2, 0.25) is 0 Å². The fourth-order valence-electron chi connectivity index (χ4n) is 1.98. The van der Waals surface area contributed by atoms with E-state index in [9.17, 15) is 0 Å². The van der Waals surface area contributed by atoms with Crippen molar-refractivity contribution in [2.45, 2.75) is 0 Å². The highest BCUT2D eigenvalue weighted by molar-refractivity contribution is 5.80. The highest BCUT2D eigenvalue weighted by atomic mass is 14.9. The number of pyridine rings is 1. The minimum atomic E-state index is 1.21. The molecule has 0 atom stereocenters. The van der Waals surface area contributed by atoms with Crippen LogP contribution >= 0.6 is 0 Å². The van der Waals surface area contributed by atoms with Crippen LogP contribution in [0.15, 0.2) is 73.1 Å². The van der Waals surface area contributed by atoms with Crippen LogP contribution in [-0.2, 0) is 0 Å². The van der Waals surface area contributed by atoms with Gasteiger partial charge in [0, 0.05) is 17.5 Å². The van der Waals surface area contributed by atoms with Gasteiger partial charge in [0.2, 0.25) is 0 Å². The van der Waals surface area contributed by atoms with Crippen LogP contribution in [0.3, 0.4) is 0 Å². The van der Waals surface area contributed by atoms with E-state index in [1.54, 1.807) is 0 Å². The summed E-state index contributed by atoms with van der Waals surface area (Å²) in [4.78, 5) is 0. The van der Waals surface area contributed by atoms with Crippen LogP contribution in [0.4, 0.5) is 0 Å². The van der Waals surface area contributed by atoms with Crippen molar-refractivity contribution in [1.82, 2.24) is 0 Å². The Hall–Kier alpha value is -2.41. The van der Waals surface area contributed by atoms with Gasteiger partial charge in [-0.1, -0.05) is 48.5 Å². The summed E-state index contributed by atoms with van der Waals surface area (Å²) >= 11 is 0. The lowest BCUT2D eigenvalue weighted by molar-refractivity contribution is -0.565. The van der Waals surface area contributed by atoms with E-state index in [4.69, 9.17) is 0 Å². The fraction of sp³-hybridized carbons (Fsp3) is 0. The average Bonchev–Trinajstić information content (AvgIpc) is 2.46. The Labute approximate surface area is 107 Å². The van der Waals surface area contributed by atoms with Crippen molar-refractivity contribution in [3.05, 3.63) is 78.6 Å². The molecule has 3 aromatic rings. The zero-order chi connectivity index (χ0) is 12.2. The normalized spacial score (nSPS) is 11.1. The summed E-state index contributed by atoms with van der Waals surface area (Å²) in [5.74, 6) is 0. The maximum Gasteiger partial charge on any atom is 0.182 e. The van der Waals surface area contributed by atoms with E-state index in [0.29, 0.717) is 0 Å². The number of fused-ring (bicyclic) bond motifs is 1. The van der Waals surface area contributed by atoms with E-state index < -0.39 is 0 Å². The number of nitrogens with zero attached hydrogens (tertiary/aromatic N) is 1. The van der Waals surface area contributed by atoms with Crippen LogP contribution < -0.4 is 4.57 Å². The monoisotopic (exact) mass is 232 g/mol. The quantitative estimate of drug-likeness (QED) is 0.592. The Balaban J connectivity index is 1.93. The van der Waals surface area contributed by atoms with Crippen molar-refractivity contribution in [2.24, 2.45) is 0 Å². The largest absolute Gasteiger partial charge is 0.182 e. The molecule has 86 valence electrons. The number of hydrogen-bond acceptors (Lipinski definition) is 0. The summed E-state index contributed by atoms with van der Waals surface area (Å²) in [7, 11) is 0. The second kappa shape index (κ2) is 4.84. The molecule has 1 heterocycles. The topological polar surface area (TPSA) is 3.88 Å². The van der Waals surface area contributed by atoms with Crippen molar-refractivity contribution < 1.29 is 4.57 Å². The zero-order valence-electron chi connectivity index (χ0n) is 10.0. The molecule has 0 bridgehead atoms. The molecule has 3 rings (SSSR count). The van der Waals surface area contributed by atoms with Gasteiger partial charge in [0.1, 0.15) is 0 Å². The molecule has 2 aromatic carbocycles. The second-order valence-electron chi connectivity index (χ2n) is 4.25. The number of benzene rings is 2. The Bertz CT molecular complexity index is 684. The Kier molecular flexibility index (Phi) is 2.89. The van der Waals surface area contributed by atoms with Crippen molar-refractivity contribution >= 4 is 23.0 Å². The molecule has 0 aliphatic heterocycles. The van der Waals surface area contributed by atoms with E-state index in [1.165, 1.54) is 16.3 Å². The van der Waals surface area contributed by atoms with Crippen LogP contribution in [0.5, 0.6) is 0 Å². The molecule has 0 fully saturated rings. The lowest BCUT2D eigenvalue weighted by Gasteiger charge is -1.94. The fourth-order valence-corrected chi connectivity index (χ4v) is 1.98. The third kappa shape index (κ3) is 2.30. The van der Waals surface area contributed by atoms with Crippen molar-refractivity contribution in [3.8, 4) is 0 Å². The first-order chi connectivity index (χ1) is 8.92. The molecule has 0 N–H and O–H groups in total. The van der Waals surface area contributed by atoms with E-state index in [-0.39, 0.29) is 0 Å². The van der Waals surface area contributed by atoms with Crippen LogP contribution in [0.25, 0.3) is 23.0 Å². The summed E-state index contributed by atoms with van der Waals surface area (Å²) in [6.07, 6.45) is 8.38. The summed E-state index contributed by atoms with van der Waals surface area (Å²) < 4.78 is 2.08. The standard InChI is InChI=1S/C17H14N/c1-2-6-15(7-3-1)10-12-18-13-11-16-8-4-5-9-17(16)14-18/h1-14H/q+1. The first-order valence-corrected chi connectivity index (χ1v) is 6.05. The van der Waals surface area contributed by atoms with E-state index in [1.807, 2.05) is 18.2 Å². The summed E-state index contributed by atoms with van der Waals surface area (Å²) in [5.41, 5.74) is 1.21. The zero-order valence-corrected chi connectivity index (χ0v) is 10.0. The Morgan fingerprint density at radius 3 is 2.28 bits per heavy atom. The van der Waals surface area contributed by atoms with Crippen molar-refractivity contribution in [2.75, 3.05) is 0 Å². The Morgan fingerprint density at radius 1 is 0.722 bits per heavy atom. The summed E-state index contributed by atoms with van der Waals surface area (Å²) in [6, 6.07) is 20.8. The minimum Gasteiger partial charge on any atom is -0.173 e. The molecule has 18 heavy (non-hydrogen) atoms. The number of hydrogen-bond donors (Lipinski definition) is 0. The van der Waals surface area contributed by atoms with Gasteiger partial charge in [-0.2, -0.15) is 4.57 Å². The van der Waals surface area contributed by atoms with Gasteiger partial charge in [-0.15, -0.1) is 0 Å². The molecule has 1 aromatic heterocycles. The van der Waals surface area contributed by atoms with Gasteiger partial charge in [0.15, 0.2) is 18.6 Å². The van der Waals surface area contributed by atoms with E-state index in [2.05, 4.69) is 71.7 Å². The molecule has 0 spiro atoms. The maximum atomic E-state index is 2.13. The van der Waals surface area contributed by atoms with Gasteiger partial charge >= 0.3 is 0 Å². The van der Waals surface area contributed by atoms with Gasteiger partial charge in [-0.05, 0) is 17.0 Å². The number of aromatic nitrogens is 1. The molecule has 1 nitrogen and oxygen atoms in total. The molecule has 0 saturated carbocycles. The van der Waals surface area contributed by atoms with Gasteiger partial charge in [0.25, 0.3) is 0 Å². The SMILES string of the molecule is C(=C[n+]1ccc2ccccc2c1)c1ccccc1.